The third kappa shape index (κ3) is 2.10. The Balaban J connectivity index is 2.27. The maximum atomic E-state index is 13.3. The number of pyridine rings is 1. The van der Waals surface area contributed by atoms with Gasteiger partial charge in [0.2, 0.25) is 0 Å². The summed E-state index contributed by atoms with van der Waals surface area (Å²) in [6, 6.07) is -0.813. The summed E-state index contributed by atoms with van der Waals surface area (Å²) in [4.78, 5) is 16.0. The summed E-state index contributed by atoms with van der Waals surface area (Å²) < 4.78 is 39.7. The number of halogens is 3. The van der Waals surface area contributed by atoms with Crippen LogP contribution in [0.5, 0.6) is 0 Å². The van der Waals surface area contributed by atoms with E-state index in [0.717, 1.165) is 17.3 Å². The average Bonchev–Trinajstić information content (AvgIpc) is 2.59. The van der Waals surface area contributed by atoms with Crippen LogP contribution in [0.4, 0.5) is 13.2 Å². The molecular formula is C10H10F3N3O. The molecule has 4 nitrogen and oxygen atoms in total. The van der Waals surface area contributed by atoms with Gasteiger partial charge in [0.1, 0.15) is 11.7 Å². The Hall–Kier alpha value is -1.63. The van der Waals surface area contributed by atoms with E-state index in [1.807, 2.05) is 0 Å². The van der Waals surface area contributed by atoms with Crippen molar-refractivity contribution in [3.63, 3.8) is 0 Å². The molecule has 0 spiro atoms. The average molecular weight is 245 g/mol. The fourth-order valence-corrected chi connectivity index (χ4v) is 1.73. The number of carbonyl (C=O) groups excluding carboxylic acids is 1. The second-order valence-electron chi connectivity index (χ2n) is 3.87. The number of amides is 1. The van der Waals surface area contributed by atoms with Gasteiger partial charge in [0, 0.05) is 6.54 Å². The van der Waals surface area contributed by atoms with Crippen LogP contribution in [0, 0.1) is 11.6 Å². The van der Waals surface area contributed by atoms with Gasteiger partial charge in [-0.25, -0.2) is 13.2 Å². The first-order valence-corrected chi connectivity index (χ1v) is 4.98. The molecule has 7 heteroatoms. The fourth-order valence-electron chi connectivity index (χ4n) is 1.73. The monoisotopic (exact) mass is 245 g/mol. The van der Waals surface area contributed by atoms with Gasteiger partial charge in [-0.2, -0.15) is 0 Å². The lowest BCUT2D eigenvalue weighted by Gasteiger charge is -2.15. The second kappa shape index (κ2) is 4.33. The zero-order chi connectivity index (χ0) is 12.6. The van der Waals surface area contributed by atoms with Crippen molar-refractivity contribution in [1.82, 2.24) is 9.88 Å². The highest BCUT2D eigenvalue weighted by molar-refractivity contribution is 5.94. The van der Waals surface area contributed by atoms with E-state index < -0.39 is 35.3 Å². The lowest BCUT2D eigenvalue weighted by molar-refractivity contribution is 0.0772. The third-order valence-corrected chi connectivity index (χ3v) is 2.65. The number of hydrogen-bond acceptors (Lipinski definition) is 3. The molecule has 1 amide bonds. The zero-order valence-corrected chi connectivity index (χ0v) is 8.74. The van der Waals surface area contributed by atoms with E-state index >= 15 is 0 Å². The van der Waals surface area contributed by atoms with E-state index in [1.54, 1.807) is 0 Å². The van der Waals surface area contributed by atoms with Gasteiger partial charge < -0.3 is 10.6 Å². The molecule has 17 heavy (non-hydrogen) atoms. The van der Waals surface area contributed by atoms with Crippen molar-refractivity contribution in [2.45, 2.75) is 12.2 Å². The quantitative estimate of drug-likeness (QED) is 0.783. The molecule has 1 saturated heterocycles. The van der Waals surface area contributed by atoms with Gasteiger partial charge in [-0.3, -0.25) is 9.78 Å². The number of nitrogens with zero attached hydrogens (tertiary/aromatic N) is 2. The lowest BCUT2D eigenvalue weighted by atomic mass is 10.2. The molecule has 0 radical (unpaired) electrons. The van der Waals surface area contributed by atoms with E-state index in [4.69, 9.17) is 5.73 Å². The Kier molecular flexibility index (Phi) is 3.01. The fraction of sp³-hybridized carbons (Fsp3) is 0.400. The molecular weight excluding hydrogens is 235 g/mol. The van der Waals surface area contributed by atoms with Crippen LogP contribution in [0.2, 0.25) is 0 Å². The predicted octanol–water partition coefficient (Wildman–Crippen LogP) is 0.481. The predicted molar refractivity (Wildman–Crippen MR) is 52.9 cm³/mol. The highest BCUT2D eigenvalue weighted by Gasteiger charge is 2.35. The molecule has 1 aromatic heterocycles. The van der Waals surface area contributed by atoms with Gasteiger partial charge in [-0.1, -0.05) is 0 Å². The van der Waals surface area contributed by atoms with Gasteiger partial charge in [0.25, 0.3) is 5.91 Å². The molecule has 1 aliphatic heterocycles. The Bertz CT molecular complexity index is 424. The molecule has 0 aliphatic carbocycles. The highest BCUT2D eigenvalue weighted by Crippen LogP contribution is 2.18. The molecule has 1 unspecified atom stereocenters. The van der Waals surface area contributed by atoms with Gasteiger partial charge in [-0.05, 0) is 0 Å². The Labute approximate surface area is 95.2 Å². The normalized spacial score (nSPS) is 24.1. The van der Waals surface area contributed by atoms with Crippen LogP contribution in [0.3, 0.4) is 0 Å². The molecule has 92 valence electrons. The molecule has 2 atom stereocenters. The third-order valence-electron chi connectivity index (χ3n) is 2.65. The van der Waals surface area contributed by atoms with E-state index in [2.05, 4.69) is 4.98 Å². The Morgan fingerprint density at radius 1 is 1.35 bits per heavy atom. The maximum Gasteiger partial charge on any atom is 0.260 e. The number of likely N-dealkylation sites (tertiary alicyclic amines) is 1. The minimum absolute atomic E-state index is 0.0544. The topological polar surface area (TPSA) is 59.2 Å². The van der Waals surface area contributed by atoms with Crippen molar-refractivity contribution >= 4 is 5.91 Å². The number of carbonyl (C=O) groups is 1. The van der Waals surface area contributed by atoms with E-state index in [-0.39, 0.29) is 13.1 Å². The SMILES string of the molecule is N[C@@H]1CN(C(=O)c2c(F)cncc2F)CC1F. The van der Waals surface area contributed by atoms with Crippen molar-refractivity contribution in [3.05, 3.63) is 29.6 Å². The summed E-state index contributed by atoms with van der Waals surface area (Å²) in [6.45, 7) is -0.303. The van der Waals surface area contributed by atoms with Crippen LogP contribution in [-0.2, 0) is 0 Å². The first-order valence-electron chi connectivity index (χ1n) is 4.98. The summed E-state index contributed by atoms with van der Waals surface area (Å²) in [5.74, 6) is -3.03. The largest absolute Gasteiger partial charge is 0.334 e. The minimum Gasteiger partial charge on any atom is -0.334 e. The summed E-state index contributed by atoms with van der Waals surface area (Å²) >= 11 is 0. The second-order valence-corrected chi connectivity index (χ2v) is 3.87. The first kappa shape index (κ1) is 11.8. The van der Waals surface area contributed by atoms with Crippen LogP contribution in [0.25, 0.3) is 0 Å². The maximum absolute atomic E-state index is 13.3. The number of nitrogens with two attached hydrogens (primary N) is 1. The van der Waals surface area contributed by atoms with Crippen molar-refractivity contribution in [1.29, 1.82) is 0 Å². The molecule has 1 fully saturated rings. The van der Waals surface area contributed by atoms with Gasteiger partial charge in [0.05, 0.1) is 25.0 Å². The van der Waals surface area contributed by atoms with Crippen LogP contribution >= 0.6 is 0 Å². The van der Waals surface area contributed by atoms with Gasteiger partial charge in [-0.15, -0.1) is 0 Å². The number of alkyl halides is 1. The van der Waals surface area contributed by atoms with Crippen molar-refractivity contribution in [2.75, 3.05) is 13.1 Å². The van der Waals surface area contributed by atoms with Crippen molar-refractivity contribution < 1.29 is 18.0 Å². The first-order chi connectivity index (χ1) is 8.00. The number of rotatable bonds is 1. The van der Waals surface area contributed by atoms with E-state index in [1.165, 1.54) is 0 Å². The van der Waals surface area contributed by atoms with Gasteiger partial charge >= 0.3 is 0 Å². The molecule has 2 rings (SSSR count). The molecule has 1 aliphatic rings. The minimum atomic E-state index is -1.37. The Morgan fingerprint density at radius 3 is 2.41 bits per heavy atom. The van der Waals surface area contributed by atoms with Crippen LogP contribution < -0.4 is 5.73 Å². The molecule has 2 N–H and O–H groups in total. The van der Waals surface area contributed by atoms with Crippen molar-refractivity contribution in [2.24, 2.45) is 5.73 Å². The summed E-state index contributed by atoms with van der Waals surface area (Å²) in [7, 11) is 0. The lowest BCUT2D eigenvalue weighted by Crippen LogP contribution is -2.33. The highest BCUT2D eigenvalue weighted by atomic mass is 19.1. The van der Waals surface area contributed by atoms with E-state index in [9.17, 15) is 18.0 Å². The number of aromatic nitrogens is 1. The standard InChI is InChI=1S/C10H10F3N3O/c11-5-1-15-2-6(12)9(5)10(17)16-3-7(13)8(14)4-16/h1-2,7-8H,3-4,14H2/t7?,8-/m1/s1. The van der Waals surface area contributed by atoms with Gasteiger partial charge in [0.15, 0.2) is 11.6 Å². The number of hydrogen-bond donors (Lipinski definition) is 1. The van der Waals surface area contributed by atoms with E-state index in [0.29, 0.717) is 0 Å². The van der Waals surface area contributed by atoms with Crippen LogP contribution in [0.1, 0.15) is 10.4 Å². The molecule has 1 aromatic rings. The summed E-state index contributed by atoms with van der Waals surface area (Å²) in [5.41, 5.74) is 4.67. The summed E-state index contributed by atoms with van der Waals surface area (Å²) in [6.07, 6.45) is 0.102. The summed E-state index contributed by atoms with van der Waals surface area (Å²) in [5, 5.41) is 0. The zero-order valence-electron chi connectivity index (χ0n) is 8.74. The Morgan fingerprint density at radius 2 is 1.94 bits per heavy atom. The molecule has 0 saturated carbocycles. The van der Waals surface area contributed by atoms with Crippen molar-refractivity contribution in [3.8, 4) is 0 Å². The smallest absolute Gasteiger partial charge is 0.260 e. The van der Waals surface area contributed by atoms with Crippen LogP contribution in [-0.4, -0.2) is 41.1 Å². The van der Waals surface area contributed by atoms with Crippen LogP contribution in [0.15, 0.2) is 12.4 Å². The molecule has 0 bridgehead atoms. The molecule has 0 aromatic carbocycles. The molecule has 2 heterocycles.